The molecule has 2 fully saturated rings. The highest BCUT2D eigenvalue weighted by Crippen LogP contribution is 2.52. The SMILES string of the molecule is CC(C)C1CCCC(c2ccc(N(c3ccccc3)c3ccccc3)cc2)(c2ccc(N(c3ccc(C4CCCCC4)cc3)c3ccc4c(c3)C(C)(C)c3ccccc3-4)cc2)C1. The van der Waals surface area contributed by atoms with Gasteiger partial charge in [-0.1, -0.05) is 163 Å². The van der Waals surface area contributed by atoms with Gasteiger partial charge in [-0.3, -0.25) is 0 Å². The van der Waals surface area contributed by atoms with Gasteiger partial charge in [-0.25, -0.2) is 0 Å². The Morgan fingerprint density at radius 1 is 0.452 bits per heavy atom. The molecule has 2 unspecified atom stereocenters. The zero-order chi connectivity index (χ0) is 42.3. The number of benzene rings is 7. The fraction of sp³-hybridized carbons (Fsp3) is 0.300. The van der Waals surface area contributed by atoms with Crippen molar-refractivity contribution >= 4 is 34.1 Å². The molecule has 2 heteroatoms. The van der Waals surface area contributed by atoms with E-state index in [9.17, 15) is 0 Å². The molecular weight excluding hydrogens is 749 g/mol. The van der Waals surface area contributed by atoms with E-state index in [1.54, 1.807) is 0 Å². The Bertz CT molecular complexity index is 2560. The first-order chi connectivity index (χ1) is 30.3. The van der Waals surface area contributed by atoms with Crippen LogP contribution in [0.25, 0.3) is 11.1 Å². The first-order valence-corrected chi connectivity index (χ1v) is 23.6. The van der Waals surface area contributed by atoms with Crippen molar-refractivity contribution in [3.63, 3.8) is 0 Å². The Labute approximate surface area is 371 Å². The topological polar surface area (TPSA) is 6.48 Å². The molecule has 2 nitrogen and oxygen atoms in total. The predicted molar refractivity (Wildman–Crippen MR) is 263 cm³/mol. The van der Waals surface area contributed by atoms with E-state index in [1.807, 2.05) is 0 Å². The standard InChI is InChI=1S/C60H62N2/c1-43(2)46-19-16-40-60(42-46,47-28-34-52(35-29-47)61(49-20-10-6-11-21-49)50-22-12-7-13-23-50)48-30-36-53(37-31-48)62(51-32-26-45(27-33-51)44-17-8-5-9-18-44)54-38-39-56-55-24-14-15-25-57(55)59(3,4)58(56)41-54/h6-7,10-15,20-39,41,43-44,46H,5,8-9,16-19,40,42H2,1-4H3. The fourth-order valence-electron chi connectivity index (χ4n) is 11.6. The maximum absolute atomic E-state index is 2.51. The minimum absolute atomic E-state index is 0.0651. The van der Waals surface area contributed by atoms with Gasteiger partial charge in [0.05, 0.1) is 0 Å². The van der Waals surface area contributed by atoms with Crippen molar-refractivity contribution in [2.24, 2.45) is 11.8 Å². The lowest BCUT2D eigenvalue weighted by Gasteiger charge is -2.44. The summed E-state index contributed by atoms with van der Waals surface area (Å²) in [5.74, 6) is 1.99. The van der Waals surface area contributed by atoms with Crippen molar-refractivity contribution < 1.29 is 0 Å². The third kappa shape index (κ3) is 7.36. The molecule has 7 aromatic rings. The summed E-state index contributed by atoms with van der Waals surface area (Å²) in [6.07, 6.45) is 11.6. The van der Waals surface area contributed by atoms with E-state index < -0.39 is 0 Å². The summed E-state index contributed by atoms with van der Waals surface area (Å²) in [6, 6.07) is 66.7. The van der Waals surface area contributed by atoms with Gasteiger partial charge in [0, 0.05) is 45.0 Å². The van der Waals surface area contributed by atoms with E-state index in [2.05, 4.69) is 213 Å². The lowest BCUT2D eigenvalue weighted by atomic mass is 9.60. The molecule has 0 saturated heterocycles. The molecule has 3 aliphatic rings. The van der Waals surface area contributed by atoms with Crippen molar-refractivity contribution in [2.75, 3.05) is 9.80 Å². The van der Waals surface area contributed by atoms with Crippen LogP contribution >= 0.6 is 0 Å². The van der Waals surface area contributed by atoms with Crippen LogP contribution < -0.4 is 9.80 Å². The molecule has 10 rings (SSSR count). The molecule has 2 saturated carbocycles. The van der Waals surface area contributed by atoms with Crippen LogP contribution in [0.5, 0.6) is 0 Å². The second-order valence-corrected chi connectivity index (χ2v) is 19.4. The summed E-state index contributed by atoms with van der Waals surface area (Å²) in [5.41, 5.74) is 16.9. The zero-order valence-corrected chi connectivity index (χ0v) is 37.2. The van der Waals surface area contributed by atoms with Crippen LogP contribution in [0.15, 0.2) is 176 Å². The maximum Gasteiger partial charge on any atom is 0.0465 e. The van der Waals surface area contributed by atoms with Gasteiger partial charge >= 0.3 is 0 Å². The molecule has 2 atom stereocenters. The predicted octanol–water partition coefficient (Wildman–Crippen LogP) is 17.1. The fourth-order valence-corrected chi connectivity index (χ4v) is 11.6. The van der Waals surface area contributed by atoms with Crippen molar-refractivity contribution in [3.8, 4) is 11.1 Å². The number of anilines is 6. The highest BCUT2D eigenvalue weighted by Gasteiger charge is 2.41. The Hall–Kier alpha value is -5.86. The molecule has 0 spiro atoms. The normalized spacial score (nSPS) is 19.5. The van der Waals surface area contributed by atoms with Crippen LogP contribution in [0.4, 0.5) is 34.1 Å². The number of hydrogen-bond acceptors (Lipinski definition) is 2. The Morgan fingerprint density at radius 3 is 1.52 bits per heavy atom. The Kier molecular flexibility index (Phi) is 10.9. The van der Waals surface area contributed by atoms with Crippen molar-refractivity contribution in [2.45, 2.75) is 102 Å². The van der Waals surface area contributed by atoms with Crippen LogP contribution in [-0.4, -0.2) is 0 Å². The van der Waals surface area contributed by atoms with Gasteiger partial charge in [0.15, 0.2) is 0 Å². The van der Waals surface area contributed by atoms with E-state index in [-0.39, 0.29) is 10.8 Å². The lowest BCUT2D eigenvalue weighted by molar-refractivity contribution is 0.207. The van der Waals surface area contributed by atoms with Crippen molar-refractivity contribution in [3.05, 3.63) is 204 Å². The summed E-state index contributed by atoms with van der Waals surface area (Å²) in [6.45, 7) is 9.64. The van der Waals surface area contributed by atoms with Gasteiger partial charge < -0.3 is 9.80 Å². The highest BCUT2D eigenvalue weighted by atomic mass is 15.1. The van der Waals surface area contributed by atoms with Gasteiger partial charge in [-0.15, -0.1) is 0 Å². The van der Waals surface area contributed by atoms with Crippen LogP contribution in [0.2, 0.25) is 0 Å². The van der Waals surface area contributed by atoms with Gasteiger partial charge in [0.25, 0.3) is 0 Å². The van der Waals surface area contributed by atoms with Crippen LogP contribution in [0.3, 0.4) is 0 Å². The number of rotatable bonds is 10. The summed E-state index contributed by atoms with van der Waals surface area (Å²) < 4.78 is 0. The monoisotopic (exact) mass is 810 g/mol. The average Bonchev–Trinajstić information content (AvgIpc) is 3.56. The molecule has 7 aromatic carbocycles. The van der Waals surface area contributed by atoms with E-state index in [0.29, 0.717) is 17.8 Å². The quantitative estimate of drug-likeness (QED) is 0.136. The zero-order valence-electron chi connectivity index (χ0n) is 37.2. The Morgan fingerprint density at radius 2 is 0.935 bits per heavy atom. The highest BCUT2D eigenvalue weighted by molar-refractivity contribution is 5.85. The van der Waals surface area contributed by atoms with E-state index in [4.69, 9.17) is 0 Å². The maximum atomic E-state index is 2.51. The van der Waals surface area contributed by atoms with Crippen LogP contribution in [0, 0.1) is 11.8 Å². The molecule has 0 amide bonds. The van der Waals surface area contributed by atoms with Gasteiger partial charge in [-0.2, -0.15) is 0 Å². The summed E-state index contributed by atoms with van der Waals surface area (Å²) >= 11 is 0. The third-order valence-corrected chi connectivity index (χ3v) is 15.2. The molecule has 0 heterocycles. The molecule has 0 aliphatic heterocycles. The minimum atomic E-state index is -0.0720. The smallest absolute Gasteiger partial charge is 0.0465 e. The van der Waals surface area contributed by atoms with E-state index in [0.717, 1.165) is 12.8 Å². The second kappa shape index (κ2) is 16.8. The van der Waals surface area contributed by atoms with Crippen molar-refractivity contribution in [1.29, 1.82) is 0 Å². The van der Waals surface area contributed by atoms with E-state index in [1.165, 1.54) is 118 Å². The minimum Gasteiger partial charge on any atom is -0.311 e. The molecule has 0 radical (unpaired) electrons. The van der Waals surface area contributed by atoms with E-state index >= 15 is 0 Å². The van der Waals surface area contributed by atoms with Crippen LogP contribution in [-0.2, 0) is 10.8 Å². The summed E-state index contributed by atoms with van der Waals surface area (Å²) in [7, 11) is 0. The first kappa shape index (κ1) is 40.2. The molecule has 62 heavy (non-hydrogen) atoms. The third-order valence-electron chi connectivity index (χ3n) is 15.2. The largest absolute Gasteiger partial charge is 0.311 e. The van der Waals surface area contributed by atoms with Gasteiger partial charge in [0.2, 0.25) is 0 Å². The molecule has 312 valence electrons. The Balaban J connectivity index is 1.04. The average molecular weight is 811 g/mol. The van der Waals surface area contributed by atoms with Gasteiger partial charge in [-0.05, 0) is 155 Å². The second-order valence-electron chi connectivity index (χ2n) is 19.4. The summed E-state index contributed by atoms with van der Waals surface area (Å²) in [5, 5.41) is 0. The number of hydrogen-bond donors (Lipinski definition) is 0. The molecule has 0 N–H and O–H groups in total. The van der Waals surface area contributed by atoms with Crippen molar-refractivity contribution in [1.82, 2.24) is 0 Å². The lowest BCUT2D eigenvalue weighted by Crippen LogP contribution is -2.36. The van der Waals surface area contributed by atoms with Gasteiger partial charge in [0.1, 0.15) is 0 Å². The van der Waals surface area contributed by atoms with Crippen LogP contribution in [0.1, 0.15) is 119 Å². The molecule has 0 bridgehead atoms. The number of nitrogens with zero attached hydrogens (tertiary/aromatic N) is 2. The first-order valence-electron chi connectivity index (χ1n) is 23.6. The molecule has 0 aromatic heterocycles. The summed E-state index contributed by atoms with van der Waals surface area (Å²) in [4.78, 5) is 4.88. The number of fused-ring (bicyclic) bond motifs is 3. The number of para-hydroxylation sites is 2. The molecule has 3 aliphatic carbocycles. The molecular formula is C60H62N2.